The van der Waals surface area contributed by atoms with Crippen LogP contribution in [0.15, 0.2) is 53.8 Å². The van der Waals surface area contributed by atoms with E-state index >= 15 is 0 Å². The van der Waals surface area contributed by atoms with Crippen LogP contribution >= 0.6 is 23.2 Å². The van der Waals surface area contributed by atoms with Crippen molar-refractivity contribution >= 4 is 51.1 Å². The van der Waals surface area contributed by atoms with E-state index in [1.807, 2.05) is 6.92 Å². The molecule has 2 N–H and O–H groups in total. The molecular weight excluding hydrogens is 468 g/mol. The smallest absolute Gasteiger partial charge is 0.266 e. The van der Waals surface area contributed by atoms with Gasteiger partial charge in [-0.2, -0.15) is 0 Å². The summed E-state index contributed by atoms with van der Waals surface area (Å²) in [6.45, 7) is 1.94. The van der Waals surface area contributed by atoms with Crippen molar-refractivity contribution in [3.8, 4) is 5.69 Å². The van der Waals surface area contributed by atoms with Gasteiger partial charge in [-0.25, -0.2) is 24.3 Å². The maximum absolute atomic E-state index is 14.0. The SMILES string of the molecule is CC[C@@H](Nc1ncnc2[nH]cnc12)c1nc2ccc(F)cc2c(=O)n1-c1cc(Cl)cc(Cl)c1. The number of anilines is 1. The average molecular weight is 484 g/mol. The lowest BCUT2D eigenvalue weighted by Gasteiger charge is -2.22. The third-order valence-corrected chi connectivity index (χ3v) is 5.65. The van der Waals surface area contributed by atoms with E-state index in [9.17, 15) is 9.18 Å². The van der Waals surface area contributed by atoms with Crippen LogP contribution in [0.5, 0.6) is 0 Å². The molecule has 2 aromatic carbocycles. The van der Waals surface area contributed by atoms with Crippen LogP contribution in [0.3, 0.4) is 0 Å². The Kier molecular flexibility index (Phi) is 5.43. The summed E-state index contributed by atoms with van der Waals surface area (Å²) in [5.74, 6) is 0.344. The average Bonchev–Trinajstić information content (AvgIpc) is 3.27. The van der Waals surface area contributed by atoms with Crippen LogP contribution in [0, 0.1) is 5.82 Å². The zero-order valence-corrected chi connectivity index (χ0v) is 18.7. The van der Waals surface area contributed by atoms with E-state index in [-0.39, 0.29) is 5.39 Å². The Morgan fingerprint density at radius 3 is 2.67 bits per heavy atom. The van der Waals surface area contributed by atoms with Gasteiger partial charge in [-0.1, -0.05) is 30.1 Å². The Labute approximate surface area is 196 Å². The molecule has 3 heterocycles. The molecule has 0 spiro atoms. The number of fused-ring (bicyclic) bond motifs is 2. The summed E-state index contributed by atoms with van der Waals surface area (Å²) in [4.78, 5) is 34.0. The molecule has 0 saturated heterocycles. The Morgan fingerprint density at radius 2 is 1.91 bits per heavy atom. The van der Waals surface area contributed by atoms with Crippen LogP contribution in [-0.2, 0) is 0 Å². The summed E-state index contributed by atoms with van der Waals surface area (Å²) < 4.78 is 15.3. The lowest BCUT2D eigenvalue weighted by atomic mass is 10.1. The number of hydrogen-bond acceptors (Lipinski definition) is 6. The fourth-order valence-electron chi connectivity index (χ4n) is 3.71. The van der Waals surface area contributed by atoms with Crippen molar-refractivity contribution < 1.29 is 4.39 Å². The van der Waals surface area contributed by atoms with Gasteiger partial charge in [0.25, 0.3) is 5.56 Å². The molecule has 3 aromatic heterocycles. The van der Waals surface area contributed by atoms with Crippen LogP contribution in [0.1, 0.15) is 25.2 Å². The van der Waals surface area contributed by atoms with Crippen molar-refractivity contribution in [1.82, 2.24) is 29.5 Å². The molecule has 0 aliphatic rings. The monoisotopic (exact) mass is 483 g/mol. The van der Waals surface area contributed by atoms with E-state index in [0.29, 0.717) is 50.5 Å². The number of H-pyrrole nitrogens is 1. The normalized spacial score (nSPS) is 12.4. The quantitative estimate of drug-likeness (QED) is 0.362. The van der Waals surface area contributed by atoms with Gasteiger partial charge >= 0.3 is 0 Å². The molecule has 33 heavy (non-hydrogen) atoms. The maximum atomic E-state index is 14.0. The minimum Gasteiger partial charge on any atom is -0.358 e. The van der Waals surface area contributed by atoms with Gasteiger partial charge in [0.1, 0.15) is 23.5 Å². The van der Waals surface area contributed by atoms with Gasteiger partial charge in [0, 0.05) is 10.0 Å². The van der Waals surface area contributed by atoms with Crippen molar-refractivity contribution in [2.24, 2.45) is 0 Å². The van der Waals surface area contributed by atoms with Crippen molar-refractivity contribution in [2.45, 2.75) is 19.4 Å². The molecule has 0 aliphatic heterocycles. The third-order valence-electron chi connectivity index (χ3n) is 5.21. The van der Waals surface area contributed by atoms with Crippen LogP contribution < -0.4 is 10.9 Å². The van der Waals surface area contributed by atoms with E-state index in [1.54, 1.807) is 18.2 Å². The Hall–Kier alpha value is -3.56. The molecule has 11 heteroatoms. The fraction of sp³-hybridized carbons (Fsp3) is 0.136. The highest BCUT2D eigenvalue weighted by Crippen LogP contribution is 2.28. The van der Waals surface area contributed by atoms with Gasteiger partial charge in [0.2, 0.25) is 0 Å². The molecule has 166 valence electrons. The van der Waals surface area contributed by atoms with Gasteiger partial charge in [0.05, 0.1) is 29.0 Å². The highest BCUT2D eigenvalue weighted by molar-refractivity contribution is 6.34. The molecule has 0 radical (unpaired) electrons. The van der Waals surface area contributed by atoms with Gasteiger partial charge in [-0.15, -0.1) is 0 Å². The number of imidazole rings is 1. The molecule has 0 aliphatic carbocycles. The van der Waals surface area contributed by atoms with Gasteiger partial charge in [-0.05, 0) is 42.8 Å². The largest absolute Gasteiger partial charge is 0.358 e. The van der Waals surface area contributed by atoms with Crippen LogP contribution in [-0.4, -0.2) is 29.5 Å². The zero-order valence-electron chi connectivity index (χ0n) is 17.2. The Morgan fingerprint density at radius 1 is 1.12 bits per heavy atom. The second-order valence-electron chi connectivity index (χ2n) is 7.33. The predicted molar refractivity (Wildman–Crippen MR) is 126 cm³/mol. The Bertz CT molecular complexity index is 1550. The molecular formula is C22H16Cl2FN7O. The molecule has 0 unspecified atom stereocenters. The molecule has 0 amide bonds. The molecule has 0 bridgehead atoms. The van der Waals surface area contributed by atoms with Gasteiger partial charge in [-0.3, -0.25) is 9.36 Å². The van der Waals surface area contributed by atoms with Crippen molar-refractivity contribution in [3.05, 3.63) is 81.1 Å². The number of nitrogens with zero attached hydrogens (tertiary/aromatic N) is 5. The molecule has 0 saturated carbocycles. The number of aromatic amines is 1. The first-order valence-corrected chi connectivity index (χ1v) is 10.8. The number of benzene rings is 2. The minimum atomic E-state index is -0.531. The summed E-state index contributed by atoms with van der Waals surface area (Å²) >= 11 is 12.4. The number of hydrogen-bond donors (Lipinski definition) is 2. The predicted octanol–water partition coefficient (Wildman–Crippen LogP) is 5.06. The van der Waals surface area contributed by atoms with E-state index in [2.05, 4.69) is 25.3 Å². The second kappa shape index (κ2) is 8.42. The molecule has 0 fully saturated rings. The summed E-state index contributed by atoms with van der Waals surface area (Å²) in [6, 6.07) is 8.24. The fourth-order valence-corrected chi connectivity index (χ4v) is 4.23. The maximum Gasteiger partial charge on any atom is 0.266 e. The van der Waals surface area contributed by atoms with Crippen LogP contribution in [0.2, 0.25) is 10.0 Å². The molecule has 8 nitrogen and oxygen atoms in total. The van der Waals surface area contributed by atoms with Gasteiger partial charge < -0.3 is 10.3 Å². The van der Waals surface area contributed by atoms with Crippen molar-refractivity contribution in [3.63, 3.8) is 0 Å². The van der Waals surface area contributed by atoms with E-state index in [1.165, 1.54) is 35.4 Å². The van der Waals surface area contributed by atoms with Crippen molar-refractivity contribution in [1.29, 1.82) is 0 Å². The highest BCUT2D eigenvalue weighted by atomic mass is 35.5. The first-order valence-electron chi connectivity index (χ1n) is 10.0. The summed E-state index contributed by atoms with van der Waals surface area (Å²) in [5, 5.41) is 4.16. The standard InChI is InChI=1S/C22H16Cl2FN7O/c1-2-16(30-20-18-19(27-9-26-18)28-10-29-20)21-31-17-4-3-13(25)8-15(17)22(33)32(21)14-6-11(23)5-12(24)7-14/h3-10,16H,2H2,1H3,(H2,26,27,28,29,30)/t16-/m1/s1. The molecule has 5 rings (SSSR count). The summed E-state index contributed by atoms with van der Waals surface area (Å²) in [5.41, 5.74) is 1.47. The number of rotatable bonds is 5. The summed E-state index contributed by atoms with van der Waals surface area (Å²) in [6.07, 6.45) is 3.48. The third kappa shape index (κ3) is 3.90. The number of nitrogens with one attached hydrogen (secondary N) is 2. The van der Waals surface area contributed by atoms with Crippen LogP contribution in [0.4, 0.5) is 10.2 Å². The lowest BCUT2D eigenvalue weighted by molar-refractivity contribution is 0.628. The van der Waals surface area contributed by atoms with Gasteiger partial charge in [0.15, 0.2) is 11.5 Å². The molecule has 5 aromatic rings. The minimum absolute atomic E-state index is 0.140. The highest BCUT2D eigenvalue weighted by Gasteiger charge is 2.22. The number of halogens is 3. The summed E-state index contributed by atoms with van der Waals surface area (Å²) in [7, 11) is 0. The topological polar surface area (TPSA) is 101 Å². The van der Waals surface area contributed by atoms with Crippen LogP contribution in [0.25, 0.3) is 27.8 Å². The lowest BCUT2D eigenvalue weighted by Crippen LogP contribution is -2.28. The van der Waals surface area contributed by atoms with E-state index in [0.717, 1.165) is 0 Å². The Balaban J connectivity index is 1.75. The first-order chi connectivity index (χ1) is 15.9. The van der Waals surface area contributed by atoms with E-state index < -0.39 is 17.4 Å². The number of aromatic nitrogens is 6. The molecule has 1 atom stereocenters. The first kappa shape index (κ1) is 21.3. The van der Waals surface area contributed by atoms with Crippen molar-refractivity contribution in [2.75, 3.05) is 5.32 Å². The second-order valence-corrected chi connectivity index (χ2v) is 8.20. The zero-order chi connectivity index (χ0) is 23.1. The van der Waals surface area contributed by atoms with E-state index in [4.69, 9.17) is 28.2 Å².